The molecule has 1 spiro atoms. The number of aryl methyl sites for hydroxylation is 1. The van der Waals surface area contributed by atoms with Gasteiger partial charge in [-0.1, -0.05) is 0 Å². The summed E-state index contributed by atoms with van der Waals surface area (Å²) in [6, 6.07) is 2.76. The zero-order chi connectivity index (χ0) is 10.3. The second kappa shape index (κ2) is 3.35. The summed E-state index contributed by atoms with van der Waals surface area (Å²) in [7, 11) is 0. The molecule has 0 radical (unpaired) electrons. The highest BCUT2D eigenvalue weighted by atomic mass is 16.5. The molecule has 0 unspecified atom stereocenters. The molecule has 0 aliphatic carbocycles. The summed E-state index contributed by atoms with van der Waals surface area (Å²) >= 11 is 0. The summed E-state index contributed by atoms with van der Waals surface area (Å²) < 4.78 is 7.78. The predicted octanol–water partition coefficient (Wildman–Crippen LogP) is 1.56. The van der Waals surface area contributed by atoms with Crippen molar-refractivity contribution in [2.24, 2.45) is 5.41 Å². The molecule has 3 heteroatoms. The molecule has 0 bridgehead atoms. The van der Waals surface area contributed by atoms with Crippen molar-refractivity contribution in [2.45, 2.75) is 25.9 Å². The lowest BCUT2D eigenvalue weighted by Gasteiger charge is -2.47. The van der Waals surface area contributed by atoms with Crippen LogP contribution in [0.15, 0.2) is 18.5 Å². The van der Waals surface area contributed by atoms with Gasteiger partial charge in [-0.2, -0.15) is 0 Å². The number of nitrogens with zero attached hydrogens (tertiary/aromatic N) is 1. The third-order valence-electron chi connectivity index (χ3n) is 3.88. The topological polar surface area (TPSA) is 26.2 Å². The average molecular weight is 206 g/mol. The molecule has 3 nitrogen and oxygen atoms in total. The van der Waals surface area contributed by atoms with Crippen molar-refractivity contribution in [2.75, 3.05) is 19.8 Å². The minimum atomic E-state index is 0.403. The molecular formula is C12H18N2O. The van der Waals surface area contributed by atoms with Gasteiger partial charge < -0.3 is 14.6 Å². The number of ether oxygens (including phenoxy) is 1. The van der Waals surface area contributed by atoms with Crippen LogP contribution in [0.4, 0.5) is 0 Å². The summed E-state index contributed by atoms with van der Waals surface area (Å²) in [5.74, 6) is 0. The van der Waals surface area contributed by atoms with Crippen LogP contribution in [0.2, 0.25) is 0 Å². The second-order valence-electron chi connectivity index (χ2n) is 4.75. The Morgan fingerprint density at radius 3 is 3.13 bits per heavy atom. The van der Waals surface area contributed by atoms with E-state index >= 15 is 0 Å². The van der Waals surface area contributed by atoms with Crippen molar-refractivity contribution >= 4 is 0 Å². The van der Waals surface area contributed by atoms with Gasteiger partial charge in [0.1, 0.15) is 0 Å². The lowest BCUT2D eigenvalue weighted by molar-refractivity contribution is 0.0577. The molecule has 1 N–H and O–H groups in total. The largest absolute Gasteiger partial charge is 0.381 e. The van der Waals surface area contributed by atoms with Gasteiger partial charge in [0.15, 0.2) is 0 Å². The Kier molecular flexibility index (Phi) is 2.11. The number of hydrogen-bond donors (Lipinski definition) is 1. The first-order valence-electron chi connectivity index (χ1n) is 5.81. The van der Waals surface area contributed by atoms with Gasteiger partial charge in [-0.25, -0.2) is 0 Å². The molecular weight excluding hydrogens is 188 g/mol. The van der Waals surface area contributed by atoms with Crippen LogP contribution in [0.25, 0.3) is 0 Å². The fourth-order valence-corrected chi connectivity index (χ4v) is 2.78. The molecule has 1 aromatic rings. The van der Waals surface area contributed by atoms with Crippen LogP contribution < -0.4 is 5.32 Å². The van der Waals surface area contributed by atoms with E-state index in [-0.39, 0.29) is 0 Å². The van der Waals surface area contributed by atoms with E-state index in [1.165, 1.54) is 12.0 Å². The number of rotatable bonds is 2. The third kappa shape index (κ3) is 1.34. The van der Waals surface area contributed by atoms with Gasteiger partial charge in [0.05, 0.1) is 6.61 Å². The Morgan fingerprint density at radius 2 is 2.60 bits per heavy atom. The van der Waals surface area contributed by atoms with Gasteiger partial charge in [0.25, 0.3) is 0 Å². The molecule has 0 saturated carbocycles. The van der Waals surface area contributed by atoms with Crippen molar-refractivity contribution in [3.05, 3.63) is 24.0 Å². The van der Waals surface area contributed by atoms with Crippen molar-refractivity contribution < 1.29 is 4.74 Å². The van der Waals surface area contributed by atoms with Crippen LogP contribution in [0.3, 0.4) is 0 Å². The minimum Gasteiger partial charge on any atom is -0.381 e. The summed E-state index contributed by atoms with van der Waals surface area (Å²) in [4.78, 5) is 0. The lowest BCUT2D eigenvalue weighted by atomic mass is 9.71. The number of hydrogen-bond acceptors (Lipinski definition) is 2. The maximum atomic E-state index is 5.54. The van der Waals surface area contributed by atoms with Gasteiger partial charge in [0, 0.05) is 43.5 Å². The number of aromatic nitrogens is 1. The Labute approximate surface area is 90.4 Å². The Bertz CT molecular complexity index is 352. The Balaban J connectivity index is 1.82. The normalized spacial score (nSPS) is 34.6. The van der Waals surface area contributed by atoms with Gasteiger partial charge in [0.2, 0.25) is 0 Å². The van der Waals surface area contributed by atoms with Crippen LogP contribution in [0, 0.1) is 5.41 Å². The highest BCUT2D eigenvalue weighted by Crippen LogP contribution is 2.46. The van der Waals surface area contributed by atoms with Crippen molar-refractivity contribution in [1.82, 2.24) is 9.88 Å². The van der Waals surface area contributed by atoms with E-state index in [2.05, 4.69) is 35.3 Å². The lowest BCUT2D eigenvalue weighted by Crippen LogP contribution is -2.56. The maximum Gasteiger partial charge on any atom is 0.0553 e. The van der Waals surface area contributed by atoms with Crippen molar-refractivity contribution in [3.8, 4) is 0 Å². The van der Waals surface area contributed by atoms with Crippen LogP contribution in [0.5, 0.6) is 0 Å². The molecule has 3 heterocycles. The average Bonchev–Trinajstić information content (AvgIpc) is 2.85. The molecule has 2 aliphatic rings. The molecule has 2 saturated heterocycles. The van der Waals surface area contributed by atoms with E-state index in [0.29, 0.717) is 11.5 Å². The highest BCUT2D eigenvalue weighted by Gasteiger charge is 2.49. The fraction of sp³-hybridized carbons (Fsp3) is 0.667. The van der Waals surface area contributed by atoms with E-state index in [1.54, 1.807) is 0 Å². The summed E-state index contributed by atoms with van der Waals surface area (Å²) in [5.41, 5.74) is 1.83. The highest BCUT2D eigenvalue weighted by molar-refractivity contribution is 5.23. The van der Waals surface area contributed by atoms with Crippen molar-refractivity contribution in [1.29, 1.82) is 0 Å². The van der Waals surface area contributed by atoms with Gasteiger partial charge in [-0.05, 0) is 25.0 Å². The summed E-state index contributed by atoms with van der Waals surface area (Å²) in [6.45, 7) is 6.21. The second-order valence-corrected chi connectivity index (χ2v) is 4.75. The molecule has 2 fully saturated rings. The van der Waals surface area contributed by atoms with Crippen LogP contribution in [-0.2, 0) is 11.3 Å². The fourth-order valence-electron chi connectivity index (χ4n) is 2.78. The molecule has 0 aromatic carbocycles. The van der Waals surface area contributed by atoms with Gasteiger partial charge in [-0.3, -0.25) is 0 Å². The van der Waals surface area contributed by atoms with Gasteiger partial charge in [-0.15, -0.1) is 0 Å². The summed E-state index contributed by atoms with van der Waals surface area (Å²) in [6.07, 6.45) is 5.64. The van der Waals surface area contributed by atoms with Gasteiger partial charge >= 0.3 is 0 Å². The third-order valence-corrected chi connectivity index (χ3v) is 3.88. The maximum absolute atomic E-state index is 5.54. The molecule has 82 valence electrons. The standard InChI is InChI=1S/C12H18N2O/c1-2-14-5-3-10(7-14)11-12(8-13-11)4-6-15-9-12/h3,5,7,11,13H,2,4,6,8-9H2,1H3/t11-,12+/m1/s1. The minimum absolute atomic E-state index is 0.403. The first-order chi connectivity index (χ1) is 7.34. The first kappa shape index (κ1) is 9.43. The van der Waals surface area contributed by atoms with E-state index in [0.717, 1.165) is 26.3 Å². The number of nitrogens with one attached hydrogen (secondary N) is 1. The van der Waals surface area contributed by atoms with Crippen LogP contribution in [-0.4, -0.2) is 24.3 Å². The predicted molar refractivity (Wildman–Crippen MR) is 58.7 cm³/mol. The zero-order valence-electron chi connectivity index (χ0n) is 9.20. The summed E-state index contributed by atoms with van der Waals surface area (Å²) in [5, 5.41) is 3.54. The molecule has 3 rings (SSSR count). The molecule has 1 aromatic heterocycles. The van der Waals surface area contributed by atoms with E-state index in [1.807, 2.05) is 0 Å². The monoisotopic (exact) mass is 206 g/mol. The molecule has 15 heavy (non-hydrogen) atoms. The smallest absolute Gasteiger partial charge is 0.0553 e. The van der Waals surface area contributed by atoms with E-state index < -0.39 is 0 Å². The molecule has 0 amide bonds. The van der Waals surface area contributed by atoms with E-state index in [9.17, 15) is 0 Å². The Hall–Kier alpha value is -0.800. The van der Waals surface area contributed by atoms with Crippen LogP contribution >= 0.6 is 0 Å². The molecule has 2 atom stereocenters. The Morgan fingerprint density at radius 1 is 1.67 bits per heavy atom. The van der Waals surface area contributed by atoms with Crippen LogP contribution in [0.1, 0.15) is 24.9 Å². The van der Waals surface area contributed by atoms with E-state index in [4.69, 9.17) is 4.74 Å². The SMILES string of the molecule is CCn1ccc([C@H]2NC[C@]23CCOC3)c1. The zero-order valence-corrected chi connectivity index (χ0v) is 9.20. The first-order valence-corrected chi connectivity index (χ1v) is 5.81. The molecule has 2 aliphatic heterocycles. The van der Waals surface area contributed by atoms with Crippen molar-refractivity contribution in [3.63, 3.8) is 0 Å². The quantitative estimate of drug-likeness (QED) is 0.794.